The number of benzene rings is 1. The van der Waals surface area contributed by atoms with Crippen LogP contribution in [0.2, 0.25) is 0 Å². The SMILES string of the molecule is CCSc1ccc(N(C)C(=O)CCS)cc1. The minimum absolute atomic E-state index is 0.103. The summed E-state index contributed by atoms with van der Waals surface area (Å²) in [6.07, 6.45) is 0.477. The molecule has 0 bridgehead atoms. The molecule has 0 N–H and O–H groups in total. The van der Waals surface area contributed by atoms with Gasteiger partial charge in [0.15, 0.2) is 0 Å². The van der Waals surface area contributed by atoms with Gasteiger partial charge in [-0.1, -0.05) is 6.92 Å². The molecule has 0 saturated carbocycles. The Balaban J connectivity index is 2.69. The highest BCUT2D eigenvalue weighted by molar-refractivity contribution is 7.99. The molecule has 0 aliphatic carbocycles. The number of amides is 1. The van der Waals surface area contributed by atoms with Crippen molar-refractivity contribution in [3.63, 3.8) is 0 Å². The summed E-state index contributed by atoms with van der Waals surface area (Å²) in [5.74, 6) is 1.76. The van der Waals surface area contributed by atoms with E-state index in [-0.39, 0.29) is 5.91 Å². The van der Waals surface area contributed by atoms with Crippen LogP contribution in [-0.4, -0.2) is 24.5 Å². The summed E-state index contributed by atoms with van der Waals surface area (Å²) in [6, 6.07) is 8.06. The molecule has 0 aliphatic rings. The summed E-state index contributed by atoms with van der Waals surface area (Å²) < 4.78 is 0. The van der Waals surface area contributed by atoms with Crippen molar-refractivity contribution >= 4 is 36.0 Å². The highest BCUT2D eigenvalue weighted by Crippen LogP contribution is 2.21. The Hall–Kier alpha value is -0.610. The van der Waals surface area contributed by atoms with Crippen LogP contribution in [0, 0.1) is 0 Å². The lowest BCUT2D eigenvalue weighted by Gasteiger charge is -2.17. The second-order valence-electron chi connectivity index (χ2n) is 3.35. The lowest BCUT2D eigenvalue weighted by Crippen LogP contribution is -2.26. The maximum atomic E-state index is 11.6. The van der Waals surface area contributed by atoms with E-state index in [1.807, 2.05) is 24.3 Å². The first-order valence-electron chi connectivity index (χ1n) is 5.29. The van der Waals surface area contributed by atoms with Crippen LogP contribution in [0.4, 0.5) is 5.69 Å². The van der Waals surface area contributed by atoms with Gasteiger partial charge in [-0.3, -0.25) is 4.79 Å². The Morgan fingerprint density at radius 1 is 1.38 bits per heavy atom. The molecule has 1 aromatic carbocycles. The van der Waals surface area contributed by atoms with Crippen LogP contribution in [-0.2, 0) is 4.79 Å². The predicted octanol–water partition coefficient (Wildman–Crippen LogP) is 3.08. The van der Waals surface area contributed by atoms with Gasteiger partial charge in [0.2, 0.25) is 5.91 Å². The number of anilines is 1. The number of thiol groups is 1. The summed E-state index contributed by atoms with van der Waals surface area (Å²) in [4.78, 5) is 14.5. The van der Waals surface area contributed by atoms with E-state index in [2.05, 4.69) is 19.6 Å². The standard InChI is InChI=1S/C12H17NOS2/c1-3-16-11-6-4-10(5-7-11)13(2)12(14)8-9-15/h4-7,15H,3,8-9H2,1-2H3. The molecule has 0 fully saturated rings. The number of nitrogens with zero attached hydrogens (tertiary/aromatic N) is 1. The summed E-state index contributed by atoms with van der Waals surface area (Å²) in [5, 5.41) is 0. The fourth-order valence-corrected chi connectivity index (χ4v) is 2.19. The monoisotopic (exact) mass is 255 g/mol. The molecule has 0 radical (unpaired) electrons. The third-order valence-electron chi connectivity index (χ3n) is 2.23. The summed E-state index contributed by atoms with van der Waals surface area (Å²) >= 11 is 5.86. The van der Waals surface area contributed by atoms with Gasteiger partial charge in [-0.2, -0.15) is 12.6 Å². The minimum atomic E-state index is 0.103. The van der Waals surface area contributed by atoms with Crippen molar-refractivity contribution in [2.45, 2.75) is 18.2 Å². The van der Waals surface area contributed by atoms with Gasteiger partial charge in [0.05, 0.1) is 0 Å². The molecule has 0 saturated heterocycles. The smallest absolute Gasteiger partial charge is 0.227 e. The van der Waals surface area contributed by atoms with Crippen molar-refractivity contribution in [1.82, 2.24) is 0 Å². The molecule has 1 amide bonds. The number of carbonyl (C=O) groups excluding carboxylic acids is 1. The van der Waals surface area contributed by atoms with E-state index in [4.69, 9.17) is 0 Å². The van der Waals surface area contributed by atoms with Crippen LogP contribution >= 0.6 is 24.4 Å². The van der Waals surface area contributed by atoms with E-state index in [1.165, 1.54) is 4.90 Å². The summed E-state index contributed by atoms with van der Waals surface area (Å²) in [7, 11) is 1.80. The van der Waals surface area contributed by atoms with Gasteiger partial charge in [-0.15, -0.1) is 11.8 Å². The zero-order valence-electron chi connectivity index (χ0n) is 9.64. The molecule has 0 heterocycles. The number of hydrogen-bond acceptors (Lipinski definition) is 3. The third-order valence-corrected chi connectivity index (χ3v) is 3.35. The van der Waals surface area contributed by atoms with Crippen molar-refractivity contribution in [2.24, 2.45) is 0 Å². The van der Waals surface area contributed by atoms with E-state index >= 15 is 0 Å². The summed E-state index contributed by atoms with van der Waals surface area (Å²) in [5.41, 5.74) is 0.937. The quantitative estimate of drug-likeness (QED) is 0.644. The second-order valence-corrected chi connectivity index (χ2v) is 5.14. The Bertz CT molecular complexity index is 337. The number of rotatable bonds is 5. The highest BCUT2D eigenvalue weighted by atomic mass is 32.2. The first-order valence-corrected chi connectivity index (χ1v) is 6.91. The Morgan fingerprint density at radius 3 is 2.50 bits per heavy atom. The first-order chi connectivity index (χ1) is 7.69. The maximum absolute atomic E-state index is 11.6. The maximum Gasteiger partial charge on any atom is 0.227 e. The molecule has 16 heavy (non-hydrogen) atoms. The second kappa shape index (κ2) is 6.86. The van der Waals surface area contributed by atoms with Crippen LogP contribution in [0.25, 0.3) is 0 Å². The first kappa shape index (κ1) is 13.5. The lowest BCUT2D eigenvalue weighted by molar-refractivity contribution is -0.117. The van der Waals surface area contributed by atoms with Crippen molar-refractivity contribution < 1.29 is 4.79 Å². The normalized spacial score (nSPS) is 10.2. The van der Waals surface area contributed by atoms with Gasteiger partial charge in [0.25, 0.3) is 0 Å². The Morgan fingerprint density at radius 2 is 2.00 bits per heavy atom. The van der Waals surface area contributed by atoms with Gasteiger partial charge >= 0.3 is 0 Å². The van der Waals surface area contributed by atoms with E-state index in [0.29, 0.717) is 12.2 Å². The Kier molecular flexibility index (Phi) is 5.77. The topological polar surface area (TPSA) is 20.3 Å². The van der Waals surface area contributed by atoms with Crippen molar-refractivity contribution in [3.05, 3.63) is 24.3 Å². The summed E-state index contributed by atoms with van der Waals surface area (Å²) in [6.45, 7) is 2.13. The van der Waals surface area contributed by atoms with Crippen LogP contribution in [0.15, 0.2) is 29.2 Å². The van der Waals surface area contributed by atoms with Crippen LogP contribution in [0.3, 0.4) is 0 Å². The van der Waals surface area contributed by atoms with Gasteiger partial charge in [-0.05, 0) is 35.8 Å². The molecule has 2 nitrogen and oxygen atoms in total. The van der Waals surface area contributed by atoms with E-state index < -0.39 is 0 Å². The van der Waals surface area contributed by atoms with Gasteiger partial charge in [0.1, 0.15) is 0 Å². The zero-order chi connectivity index (χ0) is 12.0. The van der Waals surface area contributed by atoms with Gasteiger partial charge < -0.3 is 4.90 Å². The Labute approximate surface area is 107 Å². The molecular formula is C12H17NOS2. The molecule has 0 unspecified atom stereocenters. The molecule has 0 aromatic heterocycles. The zero-order valence-corrected chi connectivity index (χ0v) is 11.4. The van der Waals surface area contributed by atoms with Gasteiger partial charge in [-0.25, -0.2) is 0 Å². The van der Waals surface area contributed by atoms with E-state index in [0.717, 1.165) is 11.4 Å². The molecular weight excluding hydrogens is 238 g/mol. The van der Waals surface area contributed by atoms with Crippen molar-refractivity contribution in [3.8, 4) is 0 Å². The van der Waals surface area contributed by atoms with Crippen LogP contribution in [0.5, 0.6) is 0 Å². The van der Waals surface area contributed by atoms with Crippen LogP contribution in [0.1, 0.15) is 13.3 Å². The van der Waals surface area contributed by atoms with E-state index in [9.17, 15) is 4.79 Å². The van der Waals surface area contributed by atoms with Crippen molar-refractivity contribution in [2.75, 3.05) is 23.5 Å². The van der Waals surface area contributed by atoms with Crippen molar-refractivity contribution in [1.29, 1.82) is 0 Å². The molecule has 4 heteroatoms. The average Bonchev–Trinajstić information content (AvgIpc) is 2.30. The molecule has 0 aliphatic heterocycles. The lowest BCUT2D eigenvalue weighted by atomic mass is 10.3. The average molecular weight is 255 g/mol. The van der Waals surface area contributed by atoms with E-state index in [1.54, 1.807) is 23.7 Å². The fourth-order valence-electron chi connectivity index (χ4n) is 1.34. The number of thioether (sulfide) groups is 1. The van der Waals surface area contributed by atoms with Crippen LogP contribution < -0.4 is 4.90 Å². The van der Waals surface area contributed by atoms with Gasteiger partial charge in [0, 0.05) is 24.1 Å². The molecule has 0 atom stereocenters. The number of carbonyl (C=O) groups is 1. The largest absolute Gasteiger partial charge is 0.315 e. The number of hydrogen-bond donors (Lipinski definition) is 1. The predicted molar refractivity (Wildman–Crippen MR) is 74.7 cm³/mol. The minimum Gasteiger partial charge on any atom is -0.315 e. The fraction of sp³-hybridized carbons (Fsp3) is 0.417. The highest BCUT2D eigenvalue weighted by Gasteiger charge is 2.09. The molecule has 1 aromatic rings. The molecule has 0 spiro atoms. The molecule has 1 rings (SSSR count). The third kappa shape index (κ3) is 3.76. The molecule has 88 valence electrons.